The lowest BCUT2D eigenvalue weighted by Gasteiger charge is -2.17. The van der Waals surface area contributed by atoms with Gasteiger partial charge in [-0.3, -0.25) is 0 Å². The normalized spacial score (nSPS) is 12.6. The largest absolute Gasteiger partial charge is 0.493 e. The van der Waals surface area contributed by atoms with E-state index in [9.17, 15) is 0 Å². The predicted molar refractivity (Wildman–Crippen MR) is 75.1 cm³/mol. The van der Waals surface area contributed by atoms with E-state index in [0.717, 1.165) is 5.56 Å². The molecule has 1 atom stereocenters. The van der Waals surface area contributed by atoms with Gasteiger partial charge in [0, 0.05) is 6.04 Å². The smallest absolute Gasteiger partial charge is 0.161 e. The topological polar surface area (TPSA) is 68.3 Å². The predicted octanol–water partition coefficient (Wildman–Crippen LogP) is 3.03. The lowest BCUT2D eigenvalue weighted by atomic mass is 9.92. The lowest BCUT2D eigenvalue weighted by Crippen LogP contribution is -2.13. The molecule has 0 unspecified atom stereocenters. The van der Waals surface area contributed by atoms with Crippen LogP contribution < -0.4 is 15.2 Å². The molecule has 0 fully saturated rings. The number of benzene rings is 1. The fourth-order valence-corrected chi connectivity index (χ4v) is 1.56. The summed E-state index contributed by atoms with van der Waals surface area (Å²) in [5.41, 5.74) is 6.46. The second kappa shape index (κ2) is 6.44. The molecule has 0 saturated heterocycles. The first-order valence-corrected chi connectivity index (χ1v) is 6.37. The zero-order valence-electron chi connectivity index (χ0n) is 12.1. The van der Waals surface area contributed by atoms with Crippen LogP contribution in [0.2, 0.25) is 0 Å². The molecule has 1 aromatic rings. The molecule has 19 heavy (non-hydrogen) atoms. The van der Waals surface area contributed by atoms with Crippen molar-refractivity contribution in [1.82, 2.24) is 0 Å². The molecule has 0 bridgehead atoms. The Balaban J connectivity index is 2.71. The van der Waals surface area contributed by atoms with Crippen LogP contribution in [-0.2, 0) is 0 Å². The summed E-state index contributed by atoms with van der Waals surface area (Å²) in [6.07, 6.45) is 0.668. The molecular formula is C15H22N2O2. The Hall–Kier alpha value is -1.73. The molecule has 1 aromatic carbocycles. The van der Waals surface area contributed by atoms with Crippen molar-refractivity contribution in [1.29, 1.82) is 5.26 Å². The Morgan fingerprint density at radius 3 is 2.58 bits per heavy atom. The van der Waals surface area contributed by atoms with Gasteiger partial charge in [-0.2, -0.15) is 5.26 Å². The second-order valence-electron chi connectivity index (χ2n) is 5.29. The molecule has 0 radical (unpaired) electrons. The Bertz CT molecular complexity index is 462. The summed E-state index contributed by atoms with van der Waals surface area (Å²) in [5, 5.41) is 8.95. The van der Waals surface area contributed by atoms with Crippen molar-refractivity contribution in [3.63, 3.8) is 0 Å². The van der Waals surface area contributed by atoms with Gasteiger partial charge in [0.15, 0.2) is 11.5 Å². The van der Waals surface area contributed by atoms with Gasteiger partial charge in [0.05, 0.1) is 25.2 Å². The zero-order valence-corrected chi connectivity index (χ0v) is 12.1. The third-order valence-corrected chi connectivity index (χ3v) is 3.00. The van der Waals surface area contributed by atoms with Gasteiger partial charge in [0.1, 0.15) is 0 Å². The molecule has 0 saturated carbocycles. The quantitative estimate of drug-likeness (QED) is 0.855. The maximum atomic E-state index is 8.95. The molecule has 4 nitrogen and oxygen atoms in total. The van der Waals surface area contributed by atoms with E-state index >= 15 is 0 Å². The molecule has 0 aliphatic heterocycles. The molecule has 0 amide bonds. The molecule has 1 rings (SSSR count). The van der Waals surface area contributed by atoms with Crippen molar-refractivity contribution < 1.29 is 9.47 Å². The van der Waals surface area contributed by atoms with Crippen LogP contribution in [0, 0.1) is 16.7 Å². The number of rotatable bonds is 6. The van der Waals surface area contributed by atoms with Crippen molar-refractivity contribution >= 4 is 0 Å². The van der Waals surface area contributed by atoms with Gasteiger partial charge in [-0.1, -0.05) is 6.07 Å². The van der Waals surface area contributed by atoms with Crippen LogP contribution in [0.5, 0.6) is 11.5 Å². The molecular weight excluding hydrogens is 240 g/mol. The third kappa shape index (κ3) is 4.46. The summed E-state index contributed by atoms with van der Waals surface area (Å²) >= 11 is 0. The molecule has 0 aliphatic rings. The van der Waals surface area contributed by atoms with Crippen LogP contribution in [0.3, 0.4) is 0 Å². The van der Waals surface area contributed by atoms with E-state index < -0.39 is 0 Å². The molecule has 4 heteroatoms. The molecule has 0 aromatic heterocycles. The van der Waals surface area contributed by atoms with Crippen molar-refractivity contribution in [2.24, 2.45) is 11.1 Å². The van der Waals surface area contributed by atoms with Crippen LogP contribution in [-0.4, -0.2) is 13.7 Å². The zero-order chi connectivity index (χ0) is 14.5. The van der Waals surface area contributed by atoms with Gasteiger partial charge in [-0.15, -0.1) is 0 Å². The van der Waals surface area contributed by atoms with Gasteiger partial charge in [0.25, 0.3) is 0 Å². The number of nitrogens with two attached hydrogens (primary N) is 1. The first-order chi connectivity index (χ1) is 8.89. The summed E-state index contributed by atoms with van der Waals surface area (Å²) < 4.78 is 11.0. The number of methoxy groups -OCH3 is 1. The SMILES string of the molecule is COc1cc([C@H](C)N)ccc1OCCC(C)(C)C#N. The highest BCUT2D eigenvalue weighted by Crippen LogP contribution is 2.30. The van der Waals surface area contributed by atoms with Crippen LogP contribution in [0.4, 0.5) is 0 Å². The van der Waals surface area contributed by atoms with E-state index in [4.69, 9.17) is 20.5 Å². The maximum Gasteiger partial charge on any atom is 0.161 e. The van der Waals surface area contributed by atoms with Crippen molar-refractivity contribution in [2.45, 2.75) is 33.2 Å². The summed E-state index contributed by atoms with van der Waals surface area (Å²) in [5.74, 6) is 1.35. The van der Waals surface area contributed by atoms with E-state index in [1.807, 2.05) is 39.0 Å². The van der Waals surface area contributed by atoms with Crippen LogP contribution in [0.15, 0.2) is 18.2 Å². The summed E-state index contributed by atoms with van der Waals surface area (Å²) in [4.78, 5) is 0. The first-order valence-electron chi connectivity index (χ1n) is 6.37. The number of nitrogens with zero attached hydrogens (tertiary/aromatic N) is 1. The Morgan fingerprint density at radius 2 is 2.05 bits per heavy atom. The van der Waals surface area contributed by atoms with Gasteiger partial charge in [-0.25, -0.2) is 0 Å². The minimum atomic E-state index is -0.376. The van der Waals surface area contributed by atoms with Crippen molar-refractivity contribution in [2.75, 3.05) is 13.7 Å². The summed E-state index contributed by atoms with van der Waals surface area (Å²) in [7, 11) is 1.60. The van der Waals surface area contributed by atoms with Crippen molar-refractivity contribution in [3.8, 4) is 17.6 Å². The Morgan fingerprint density at radius 1 is 1.37 bits per heavy atom. The van der Waals surface area contributed by atoms with E-state index in [1.54, 1.807) is 7.11 Å². The van der Waals surface area contributed by atoms with Gasteiger partial charge < -0.3 is 15.2 Å². The van der Waals surface area contributed by atoms with Crippen LogP contribution >= 0.6 is 0 Å². The number of ether oxygens (including phenoxy) is 2. The van der Waals surface area contributed by atoms with Crippen LogP contribution in [0.1, 0.15) is 38.8 Å². The van der Waals surface area contributed by atoms with E-state index in [1.165, 1.54) is 0 Å². The number of hydrogen-bond acceptors (Lipinski definition) is 4. The fraction of sp³-hybridized carbons (Fsp3) is 0.533. The van der Waals surface area contributed by atoms with Crippen molar-refractivity contribution in [3.05, 3.63) is 23.8 Å². The maximum absolute atomic E-state index is 8.95. The van der Waals surface area contributed by atoms with E-state index in [2.05, 4.69) is 6.07 Å². The lowest BCUT2D eigenvalue weighted by molar-refractivity contribution is 0.252. The summed E-state index contributed by atoms with van der Waals surface area (Å²) in [6, 6.07) is 7.88. The van der Waals surface area contributed by atoms with E-state index in [0.29, 0.717) is 24.5 Å². The molecule has 0 heterocycles. The fourth-order valence-electron chi connectivity index (χ4n) is 1.56. The monoisotopic (exact) mass is 262 g/mol. The highest BCUT2D eigenvalue weighted by Gasteiger charge is 2.17. The van der Waals surface area contributed by atoms with Gasteiger partial charge in [-0.05, 0) is 44.9 Å². The number of hydrogen-bond donors (Lipinski definition) is 1. The Kier molecular flexibility index (Phi) is 5.20. The van der Waals surface area contributed by atoms with Gasteiger partial charge in [0.2, 0.25) is 0 Å². The molecule has 0 spiro atoms. The minimum absolute atomic E-state index is 0.0412. The Labute approximate surface area is 115 Å². The highest BCUT2D eigenvalue weighted by atomic mass is 16.5. The average Bonchev–Trinajstić information content (AvgIpc) is 2.38. The standard InChI is InChI=1S/C15H22N2O2/c1-11(17)12-5-6-13(14(9-12)18-4)19-8-7-15(2,3)10-16/h5-6,9,11H,7-8,17H2,1-4H3/t11-/m0/s1. The first kappa shape index (κ1) is 15.3. The minimum Gasteiger partial charge on any atom is -0.493 e. The molecule has 2 N–H and O–H groups in total. The average molecular weight is 262 g/mol. The van der Waals surface area contributed by atoms with E-state index in [-0.39, 0.29) is 11.5 Å². The highest BCUT2D eigenvalue weighted by molar-refractivity contribution is 5.43. The van der Waals surface area contributed by atoms with Gasteiger partial charge >= 0.3 is 0 Å². The molecule has 0 aliphatic carbocycles. The molecule has 104 valence electrons. The van der Waals surface area contributed by atoms with Crippen LogP contribution in [0.25, 0.3) is 0 Å². The second-order valence-corrected chi connectivity index (χ2v) is 5.29. The summed E-state index contributed by atoms with van der Waals surface area (Å²) in [6.45, 7) is 6.19. The third-order valence-electron chi connectivity index (χ3n) is 3.00. The number of nitriles is 1.